The largest absolute Gasteiger partial charge is 0.394 e. The minimum Gasteiger partial charge on any atom is -0.394 e. The first kappa shape index (κ1) is 30.5. The van der Waals surface area contributed by atoms with Crippen LogP contribution in [-0.2, 0) is 21.7 Å². The Balaban J connectivity index is -0.0000000369. The van der Waals surface area contributed by atoms with Crippen molar-refractivity contribution in [1.29, 1.82) is 0 Å². The van der Waals surface area contributed by atoms with Crippen molar-refractivity contribution in [3.63, 3.8) is 0 Å². The van der Waals surface area contributed by atoms with Gasteiger partial charge in [0.25, 0.3) is 0 Å². The molecule has 0 aromatic heterocycles. The second-order valence-electron chi connectivity index (χ2n) is 4.37. The molecule has 0 bridgehead atoms. The molecule has 0 atom stereocenters. The third-order valence-corrected chi connectivity index (χ3v) is 0. The molecule has 0 amide bonds. The first-order valence-corrected chi connectivity index (χ1v) is 5.65. The van der Waals surface area contributed by atoms with E-state index in [0.29, 0.717) is 0 Å². The van der Waals surface area contributed by atoms with Crippen LogP contribution < -0.4 is 0 Å². The molecule has 0 aliphatic heterocycles. The Morgan fingerprint density at radius 2 is 0.412 bits per heavy atom. The zero-order valence-electron chi connectivity index (χ0n) is 12.6. The van der Waals surface area contributed by atoms with Crippen molar-refractivity contribution in [2.24, 2.45) is 0 Å². The molecular weight excluding hydrogens is 256 g/mol. The summed E-state index contributed by atoms with van der Waals surface area (Å²) in [7, 11) is 0. The van der Waals surface area contributed by atoms with E-state index in [2.05, 4.69) is 0 Å². The number of rotatable bonds is 0. The Morgan fingerprint density at radius 1 is 0.412 bits per heavy atom. The van der Waals surface area contributed by atoms with Gasteiger partial charge in [-0.1, -0.05) is 0 Å². The van der Waals surface area contributed by atoms with Crippen LogP contribution in [0.5, 0.6) is 0 Å². The van der Waals surface area contributed by atoms with Crippen LogP contribution in [0.3, 0.4) is 0 Å². The molecule has 0 aliphatic rings. The van der Waals surface area contributed by atoms with Gasteiger partial charge in [-0.3, -0.25) is 0 Å². The van der Waals surface area contributed by atoms with Crippen LogP contribution in [0.1, 0.15) is 55.4 Å². The van der Waals surface area contributed by atoms with Crippen molar-refractivity contribution in [1.82, 2.24) is 0 Å². The molecular formula is C12H32O4Ti. The molecule has 17 heavy (non-hydrogen) atoms. The van der Waals surface area contributed by atoms with Crippen LogP contribution in [0.4, 0.5) is 0 Å². The minimum absolute atomic E-state index is 0. The second-order valence-corrected chi connectivity index (χ2v) is 4.37. The van der Waals surface area contributed by atoms with Gasteiger partial charge in [0.05, 0.1) is 0 Å². The average molecular weight is 288 g/mol. The molecule has 0 unspecified atom stereocenters. The summed E-state index contributed by atoms with van der Waals surface area (Å²) in [5, 5.41) is 32.2. The molecule has 0 spiro atoms. The summed E-state index contributed by atoms with van der Waals surface area (Å²) >= 11 is 0. The Hall–Kier alpha value is 0.554. The fourth-order valence-electron chi connectivity index (χ4n) is 0. The van der Waals surface area contributed by atoms with Gasteiger partial charge >= 0.3 is 0 Å². The van der Waals surface area contributed by atoms with E-state index in [1.165, 1.54) is 0 Å². The summed E-state index contributed by atoms with van der Waals surface area (Å²) in [5.74, 6) is 0. The van der Waals surface area contributed by atoms with Crippen LogP contribution in [0.25, 0.3) is 0 Å². The van der Waals surface area contributed by atoms with Crippen molar-refractivity contribution in [3.05, 3.63) is 0 Å². The Kier molecular flexibility index (Phi) is 45.6. The number of aliphatic hydroxyl groups excluding tert-OH is 4. The molecule has 4 N–H and O–H groups in total. The van der Waals surface area contributed by atoms with Gasteiger partial charge in [-0.15, -0.1) is 0 Å². The molecule has 0 rings (SSSR count). The Morgan fingerprint density at radius 3 is 0.412 bits per heavy atom. The molecule has 0 radical (unpaired) electrons. The molecule has 0 aromatic carbocycles. The van der Waals surface area contributed by atoms with Crippen LogP contribution >= 0.6 is 0 Å². The Bertz CT molecular complexity index is 61.5. The quantitative estimate of drug-likeness (QED) is 0.510. The molecule has 108 valence electrons. The predicted molar refractivity (Wildman–Crippen MR) is 69.4 cm³/mol. The molecule has 0 saturated heterocycles. The van der Waals surface area contributed by atoms with Crippen molar-refractivity contribution in [3.8, 4) is 0 Å². The van der Waals surface area contributed by atoms with Crippen molar-refractivity contribution in [2.75, 3.05) is 0 Å². The normalized spacial score (nSPS) is 8.47. The summed E-state index contributed by atoms with van der Waals surface area (Å²) in [6.07, 6.45) is -0.667. The molecule has 4 nitrogen and oxygen atoms in total. The summed E-state index contributed by atoms with van der Waals surface area (Å²) in [5.41, 5.74) is 0. The van der Waals surface area contributed by atoms with Gasteiger partial charge < -0.3 is 20.4 Å². The van der Waals surface area contributed by atoms with E-state index in [4.69, 9.17) is 20.4 Å². The van der Waals surface area contributed by atoms with Crippen LogP contribution in [0.15, 0.2) is 0 Å². The van der Waals surface area contributed by atoms with E-state index in [1.807, 2.05) is 0 Å². The van der Waals surface area contributed by atoms with Crippen molar-refractivity contribution in [2.45, 2.75) is 79.8 Å². The molecule has 0 saturated carbocycles. The summed E-state index contributed by atoms with van der Waals surface area (Å²) in [6, 6.07) is 0. The van der Waals surface area contributed by atoms with Crippen molar-refractivity contribution >= 4 is 0 Å². The smallest absolute Gasteiger partial charge is 0.0483 e. The van der Waals surface area contributed by atoms with E-state index in [1.54, 1.807) is 55.4 Å². The number of aliphatic hydroxyl groups is 4. The fraction of sp³-hybridized carbons (Fsp3) is 1.00. The fourth-order valence-corrected chi connectivity index (χ4v) is 0. The number of hydrogen-bond acceptors (Lipinski definition) is 4. The van der Waals surface area contributed by atoms with Gasteiger partial charge in [-0.25, -0.2) is 0 Å². The molecule has 0 aromatic rings. The second kappa shape index (κ2) is 25.4. The summed E-state index contributed by atoms with van der Waals surface area (Å²) in [6.45, 7) is 13.8. The van der Waals surface area contributed by atoms with E-state index >= 15 is 0 Å². The van der Waals surface area contributed by atoms with Gasteiger partial charge in [0.2, 0.25) is 0 Å². The zero-order chi connectivity index (χ0) is 14.3. The summed E-state index contributed by atoms with van der Waals surface area (Å²) in [4.78, 5) is 0. The minimum atomic E-state index is -0.167. The third-order valence-electron chi connectivity index (χ3n) is 0. The van der Waals surface area contributed by atoms with Gasteiger partial charge in [0.15, 0.2) is 0 Å². The van der Waals surface area contributed by atoms with Crippen LogP contribution in [0, 0.1) is 0 Å². The third kappa shape index (κ3) is 11400. The maximum atomic E-state index is 8.06. The van der Waals surface area contributed by atoms with Crippen LogP contribution in [-0.4, -0.2) is 44.8 Å². The first-order chi connectivity index (χ1) is 6.93. The molecule has 0 heterocycles. The Labute approximate surface area is 122 Å². The van der Waals surface area contributed by atoms with Gasteiger partial charge in [-0.2, -0.15) is 0 Å². The number of hydrogen-bond donors (Lipinski definition) is 4. The summed E-state index contributed by atoms with van der Waals surface area (Å²) < 4.78 is 0. The maximum Gasteiger partial charge on any atom is 0.0483 e. The molecule has 5 heteroatoms. The van der Waals surface area contributed by atoms with E-state index in [9.17, 15) is 0 Å². The SMILES string of the molecule is CC(C)O.CC(C)O.CC(C)O.CC(C)O.[Ti]. The average Bonchev–Trinajstić information content (AvgIpc) is 1.76. The van der Waals surface area contributed by atoms with Gasteiger partial charge in [0.1, 0.15) is 0 Å². The first-order valence-electron chi connectivity index (χ1n) is 5.65. The molecule has 0 aliphatic carbocycles. The van der Waals surface area contributed by atoms with Crippen LogP contribution in [0.2, 0.25) is 0 Å². The van der Waals surface area contributed by atoms with Crippen molar-refractivity contribution < 1.29 is 42.1 Å². The topological polar surface area (TPSA) is 80.9 Å². The molecule has 0 fully saturated rings. The zero-order valence-corrected chi connectivity index (χ0v) is 14.2. The standard InChI is InChI=1S/4C3H8O.Ti/c4*1-3(2)4;/h4*3-4H,1-2H3;. The van der Waals surface area contributed by atoms with E-state index in [0.717, 1.165) is 0 Å². The van der Waals surface area contributed by atoms with Gasteiger partial charge in [0, 0.05) is 46.1 Å². The monoisotopic (exact) mass is 288 g/mol. The van der Waals surface area contributed by atoms with E-state index < -0.39 is 0 Å². The van der Waals surface area contributed by atoms with Gasteiger partial charge in [-0.05, 0) is 55.4 Å². The maximum absolute atomic E-state index is 8.06. The van der Waals surface area contributed by atoms with E-state index in [-0.39, 0.29) is 46.1 Å². The predicted octanol–water partition coefficient (Wildman–Crippen LogP) is 1.55.